The van der Waals surface area contributed by atoms with E-state index in [0.717, 1.165) is 32.7 Å². The average Bonchev–Trinajstić information content (AvgIpc) is 2.49. The van der Waals surface area contributed by atoms with Crippen molar-refractivity contribution in [2.45, 2.75) is 6.54 Å². The Kier molecular flexibility index (Phi) is 5.91. The molecular formula is C16H23N3O3. The number of carbonyl (C=O) groups excluding carboxylic acids is 1. The van der Waals surface area contributed by atoms with Crippen LogP contribution in [0.5, 0.6) is 0 Å². The molecule has 0 aliphatic carbocycles. The molecule has 6 nitrogen and oxygen atoms in total. The topological polar surface area (TPSA) is 64.1 Å². The summed E-state index contributed by atoms with van der Waals surface area (Å²) >= 11 is 0. The number of carboxylic acid groups (broad SMARTS) is 1. The van der Waals surface area contributed by atoms with Gasteiger partial charge in [0.15, 0.2) is 0 Å². The van der Waals surface area contributed by atoms with Gasteiger partial charge in [-0.2, -0.15) is 0 Å². The van der Waals surface area contributed by atoms with Crippen LogP contribution in [0.3, 0.4) is 0 Å². The summed E-state index contributed by atoms with van der Waals surface area (Å²) in [5, 5.41) is 8.70. The van der Waals surface area contributed by atoms with E-state index in [9.17, 15) is 9.59 Å². The standard InChI is InChI=1S/C16H23N3O3/c1-17(13-16(21)22)15(20)12-19-9-7-18(8-10-19)11-14-5-3-2-4-6-14/h2-6H,7-13H2,1H3,(H,21,22). The zero-order valence-electron chi connectivity index (χ0n) is 12.9. The Morgan fingerprint density at radius 3 is 2.27 bits per heavy atom. The van der Waals surface area contributed by atoms with Gasteiger partial charge in [-0.3, -0.25) is 19.4 Å². The van der Waals surface area contributed by atoms with Crippen molar-refractivity contribution in [1.29, 1.82) is 0 Å². The van der Waals surface area contributed by atoms with Gasteiger partial charge in [0.05, 0.1) is 6.54 Å². The van der Waals surface area contributed by atoms with Crippen LogP contribution in [0.2, 0.25) is 0 Å². The van der Waals surface area contributed by atoms with Crippen molar-refractivity contribution in [1.82, 2.24) is 14.7 Å². The van der Waals surface area contributed by atoms with Crippen LogP contribution in [0.4, 0.5) is 0 Å². The highest BCUT2D eigenvalue weighted by atomic mass is 16.4. The quantitative estimate of drug-likeness (QED) is 0.821. The number of hydrogen-bond donors (Lipinski definition) is 1. The van der Waals surface area contributed by atoms with Crippen molar-refractivity contribution in [3.63, 3.8) is 0 Å². The summed E-state index contributed by atoms with van der Waals surface area (Å²) in [6.07, 6.45) is 0. The molecular weight excluding hydrogens is 282 g/mol. The second kappa shape index (κ2) is 7.91. The van der Waals surface area contributed by atoms with Gasteiger partial charge in [-0.25, -0.2) is 0 Å². The monoisotopic (exact) mass is 305 g/mol. The smallest absolute Gasteiger partial charge is 0.323 e. The van der Waals surface area contributed by atoms with Crippen LogP contribution in [0.15, 0.2) is 30.3 Å². The molecule has 1 aromatic carbocycles. The maximum Gasteiger partial charge on any atom is 0.323 e. The molecule has 120 valence electrons. The number of rotatable bonds is 6. The second-order valence-electron chi connectivity index (χ2n) is 5.68. The fourth-order valence-electron chi connectivity index (χ4n) is 2.55. The SMILES string of the molecule is CN(CC(=O)O)C(=O)CN1CCN(Cc2ccccc2)CC1. The van der Waals surface area contributed by atoms with Gasteiger partial charge in [0.1, 0.15) is 6.54 Å². The molecule has 6 heteroatoms. The Bertz CT molecular complexity index is 499. The average molecular weight is 305 g/mol. The van der Waals surface area contributed by atoms with Gasteiger partial charge in [0.2, 0.25) is 5.91 Å². The summed E-state index contributed by atoms with van der Waals surface area (Å²) in [5.74, 6) is -1.12. The third-order valence-corrected chi connectivity index (χ3v) is 3.87. The van der Waals surface area contributed by atoms with Crippen molar-refractivity contribution >= 4 is 11.9 Å². The number of piperazine rings is 1. The Labute approximate surface area is 130 Å². The van der Waals surface area contributed by atoms with Crippen molar-refractivity contribution in [2.24, 2.45) is 0 Å². The molecule has 1 aromatic rings. The molecule has 1 amide bonds. The van der Waals surface area contributed by atoms with E-state index in [1.165, 1.54) is 17.5 Å². The maximum absolute atomic E-state index is 11.9. The fourth-order valence-corrected chi connectivity index (χ4v) is 2.55. The molecule has 0 atom stereocenters. The van der Waals surface area contributed by atoms with Crippen LogP contribution in [0, 0.1) is 0 Å². The van der Waals surface area contributed by atoms with Crippen molar-refractivity contribution in [2.75, 3.05) is 46.3 Å². The molecule has 0 radical (unpaired) electrons. The van der Waals surface area contributed by atoms with Crippen molar-refractivity contribution in [3.05, 3.63) is 35.9 Å². The summed E-state index contributed by atoms with van der Waals surface area (Å²) in [5.41, 5.74) is 1.30. The number of likely N-dealkylation sites (N-methyl/N-ethyl adjacent to an activating group) is 1. The lowest BCUT2D eigenvalue weighted by molar-refractivity contribution is -0.144. The molecule has 0 aromatic heterocycles. The third kappa shape index (κ3) is 5.13. The number of carbonyl (C=O) groups is 2. The highest BCUT2D eigenvalue weighted by Crippen LogP contribution is 2.08. The van der Waals surface area contributed by atoms with Gasteiger partial charge >= 0.3 is 5.97 Å². The molecule has 1 heterocycles. The van der Waals surface area contributed by atoms with Gasteiger partial charge in [-0.05, 0) is 5.56 Å². The number of benzene rings is 1. The van der Waals surface area contributed by atoms with E-state index in [-0.39, 0.29) is 12.5 Å². The van der Waals surface area contributed by atoms with Crippen LogP contribution in [-0.4, -0.2) is 78.0 Å². The van der Waals surface area contributed by atoms with E-state index in [4.69, 9.17) is 5.11 Å². The molecule has 1 N–H and O–H groups in total. The molecule has 0 bridgehead atoms. The van der Waals surface area contributed by atoms with Crippen LogP contribution >= 0.6 is 0 Å². The highest BCUT2D eigenvalue weighted by Gasteiger charge is 2.21. The van der Waals surface area contributed by atoms with Crippen molar-refractivity contribution in [3.8, 4) is 0 Å². The number of amides is 1. The first kappa shape index (κ1) is 16.5. The largest absolute Gasteiger partial charge is 0.480 e. The lowest BCUT2D eigenvalue weighted by atomic mass is 10.2. The van der Waals surface area contributed by atoms with Gasteiger partial charge in [0.25, 0.3) is 0 Å². The minimum atomic E-state index is -0.983. The number of nitrogens with zero attached hydrogens (tertiary/aromatic N) is 3. The normalized spacial score (nSPS) is 16.4. The van der Waals surface area contributed by atoms with Gasteiger partial charge < -0.3 is 10.0 Å². The zero-order valence-corrected chi connectivity index (χ0v) is 12.9. The summed E-state index contributed by atoms with van der Waals surface area (Å²) < 4.78 is 0. The van der Waals surface area contributed by atoms with E-state index in [2.05, 4.69) is 21.9 Å². The van der Waals surface area contributed by atoms with Crippen LogP contribution < -0.4 is 0 Å². The Morgan fingerprint density at radius 1 is 1.09 bits per heavy atom. The molecule has 1 aliphatic heterocycles. The molecule has 1 fully saturated rings. The molecule has 2 rings (SSSR count). The minimum absolute atomic E-state index is 0.140. The predicted octanol–water partition coefficient (Wildman–Crippen LogP) is 0.347. The molecule has 1 saturated heterocycles. The molecule has 22 heavy (non-hydrogen) atoms. The van der Waals surface area contributed by atoms with E-state index in [1.54, 1.807) is 0 Å². The highest BCUT2D eigenvalue weighted by molar-refractivity contribution is 5.82. The van der Waals surface area contributed by atoms with Gasteiger partial charge in [-0.1, -0.05) is 30.3 Å². The van der Waals surface area contributed by atoms with E-state index < -0.39 is 5.97 Å². The third-order valence-electron chi connectivity index (χ3n) is 3.87. The summed E-state index contributed by atoms with van der Waals surface area (Å²) in [6.45, 7) is 4.49. The molecule has 0 saturated carbocycles. The van der Waals surface area contributed by atoms with Crippen molar-refractivity contribution < 1.29 is 14.7 Å². The summed E-state index contributed by atoms with van der Waals surface area (Å²) in [7, 11) is 1.53. The molecule has 1 aliphatic rings. The Hall–Kier alpha value is -1.92. The Balaban J connectivity index is 1.73. The summed E-state index contributed by atoms with van der Waals surface area (Å²) in [4.78, 5) is 28.3. The molecule has 0 unspecified atom stereocenters. The predicted molar refractivity (Wildman–Crippen MR) is 83.4 cm³/mol. The number of aliphatic carboxylic acids is 1. The zero-order chi connectivity index (χ0) is 15.9. The molecule has 0 spiro atoms. The second-order valence-corrected chi connectivity index (χ2v) is 5.68. The van der Waals surface area contributed by atoms with Gasteiger partial charge in [0, 0.05) is 39.8 Å². The first-order valence-electron chi connectivity index (χ1n) is 7.49. The lowest BCUT2D eigenvalue weighted by Crippen LogP contribution is -2.49. The van der Waals surface area contributed by atoms with Crippen LogP contribution in [-0.2, 0) is 16.1 Å². The lowest BCUT2D eigenvalue weighted by Gasteiger charge is -2.34. The number of hydrogen-bond acceptors (Lipinski definition) is 4. The van der Waals surface area contributed by atoms with E-state index >= 15 is 0 Å². The first-order chi connectivity index (χ1) is 10.5. The van der Waals surface area contributed by atoms with Crippen LogP contribution in [0.1, 0.15) is 5.56 Å². The fraction of sp³-hybridized carbons (Fsp3) is 0.500. The van der Waals surface area contributed by atoms with Crippen LogP contribution in [0.25, 0.3) is 0 Å². The maximum atomic E-state index is 11.9. The number of carboxylic acids is 1. The van der Waals surface area contributed by atoms with Gasteiger partial charge in [-0.15, -0.1) is 0 Å². The minimum Gasteiger partial charge on any atom is -0.480 e. The van der Waals surface area contributed by atoms with E-state index in [0.29, 0.717) is 6.54 Å². The van der Waals surface area contributed by atoms with E-state index in [1.807, 2.05) is 18.2 Å². The first-order valence-corrected chi connectivity index (χ1v) is 7.49. The Morgan fingerprint density at radius 2 is 1.68 bits per heavy atom. The summed E-state index contributed by atoms with van der Waals surface area (Å²) in [6, 6.07) is 10.3.